The molecule has 0 aromatic heterocycles. The Morgan fingerprint density at radius 2 is 1.77 bits per heavy atom. The van der Waals surface area contributed by atoms with Crippen LogP contribution >= 0.6 is 31.9 Å². The van der Waals surface area contributed by atoms with Crippen molar-refractivity contribution in [2.45, 2.75) is 0 Å². The van der Waals surface area contributed by atoms with Gasteiger partial charge in [0.05, 0.1) is 4.47 Å². The second-order valence-electron chi connectivity index (χ2n) is 5.77. The first-order chi connectivity index (χ1) is 12.5. The van der Waals surface area contributed by atoms with Gasteiger partial charge < -0.3 is 4.74 Å². The van der Waals surface area contributed by atoms with Gasteiger partial charge in [-0.1, -0.05) is 34.2 Å². The highest BCUT2D eigenvalue weighted by Gasteiger charge is 2.11. The Morgan fingerprint density at radius 3 is 2.42 bits per heavy atom. The fraction of sp³-hybridized carbons (Fsp3) is 0.190. The molecule has 5 heteroatoms. The summed E-state index contributed by atoms with van der Waals surface area (Å²) in [6.45, 7) is 5.88. The lowest BCUT2D eigenvalue weighted by Gasteiger charge is -2.11. The Labute approximate surface area is 171 Å². The van der Waals surface area contributed by atoms with Gasteiger partial charge in [0, 0.05) is 28.7 Å². The molecule has 0 radical (unpaired) electrons. The third-order valence-electron chi connectivity index (χ3n) is 3.66. The van der Waals surface area contributed by atoms with Crippen molar-refractivity contribution < 1.29 is 9.53 Å². The largest absolute Gasteiger partial charge is 0.488 e. The molecule has 0 unspecified atom stereocenters. The second-order valence-corrected chi connectivity index (χ2v) is 7.54. The van der Waals surface area contributed by atoms with Gasteiger partial charge in [-0.25, -0.2) is 0 Å². The first-order valence-electron chi connectivity index (χ1n) is 8.18. The number of likely N-dealkylation sites (N-methyl/N-ethyl adjacent to an activating group) is 1. The summed E-state index contributed by atoms with van der Waals surface area (Å²) in [6.07, 6.45) is 5.91. The van der Waals surface area contributed by atoms with Crippen molar-refractivity contribution in [2.24, 2.45) is 0 Å². The van der Waals surface area contributed by atoms with Crippen molar-refractivity contribution in [3.05, 3.63) is 87.3 Å². The maximum absolute atomic E-state index is 12.5. The highest BCUT2D eigenvalue weighted by molar-refractivity contribution is 9.10. The second kappa shape index (κ2) is 10.5. The number of halogens is 2. The molecule has 136 valence electrons. The number of carbonyl (C=O) groups is 1. The van der Waals surface area contributed by atoms with Crippen LogP contribution in [-0.4, -0.2) is 37.4 Å². The molecule has 2 aromatic carbocycles. The van der Waals surface area contributed by atoms with Crippen molar-refractivity contribution in [3.63, 3.8) is 0 Å². The summed E-state index contributed by atoms with van der Waals surface area (Å²) in [6, 6.07) is 12.7. The number of ether oxygens (including phenoxy) is 1. The quantitative estimate of drug-likeness (QED) is 0.352. The zero-order valence-electron chi connectivity index (χ0n) is 14.6. The number of hydrogen-bond donors (Lipinski definition) is 0. The number of carbonyl (C=O) groups excluding carboxylic acids is 1. The molecule has 0 saturated carbocycles. The van der Waals surface area contributed by atoms with E-state index < -0.39 is 0 Å². The summed E-state index contributed by atoms with van der Waals surface area (Å²) in [5.74, 6) is 0.691. The third-order valence-corrected chi connectivity index (χ3v) is 4.81. The van der Waals surface area contributed by atoms with E-state index in [4.69, 9.17) is 4.74 Å². The Bertz CT molecular complexity index is 785. The Morgan fingerprint density at radius 1 is 1.08 bits per heavy atom. The number of hydrogen-bond acceptors (Lipinski definition) is 3. The van der Waals surface area contributed by atoms with Crippen LogP contribution in [0.4, 0.5) is 0 Å². The number of benzene rings is 2. The maximum Gasteiger partial charge on any atom is 0.193 e. The van der Waals surface area contributed by atoms with Crippen LogP contribution in [0.25, 0.3) is 0 Å². The SMILES string of the molecule is C=CCN(C)CC=CCOc1ccc(C(=O)c2ccc(Br)cc2)cc1Br. The Balaban J connectivity index is 1.94. The number of rotatable bonds is 9. The monoisotopic (exact) mass is 477 g/mol. The van der Waals surface area contributed by atoms with Crippen LogP contribution in [0.15, 0.2) is 76.2 Å². The Hall–Kier alpha value is -1.69. The number of nitrogens with zero attached hydrogens (tertiary/aromatic N) is 1. The minimum absolute atomic E-state index is 0.0186. The van der Waals surface area contributed by atoms with Crippen LogP contribution < -0.4 is 4.74 Å². The first-order valence-corrected chi connectivity index (χ1v) is 9.77. The summed E-state index contributed by atoms with van der Waals surface area (Å²) in [5, 5.41) is 0. The summed E-state index contributed by atoms with van der Waals surface area (Å²) in [4.78, 5) is 14.7. The molecule has 0 aliphatic heterocycles. The average molecular weight is 479 g/mol. The minimum Gasteiger partial charge on any atom is -0.488 e. The lowest BCUT2D eigenvalue weighted by molar-refractivity contribution is 0.103. The van der Waals surface area contributed by atoms with E-state index in [1.165, 1.54) is 0 Å². The molecule has 0 fully saturated rings. The third kappa shape index (κ3) is 6.24. The fourth-order valence-corrected chi connectivity index (χ4v) is 3.04. The molecule has 0 aliphatic rings. The summed E-state index contributed by atoms with van der Waals surface area (Å²) < 4.78 is 7.45. The van der Waals surface area contributed by atoms with E-state index in [-0.39, 0.29) is 5.78 Å². The van der Waals surface area contributed by atoms with Crippen LogP contribution in [0.1, 0.15) is 15.9 Å². The zero-order valence-corrected chi connectivity index (χ0v) is 17.8. The predicted octanol–water partition coefficient (Wildman–Crippen LogP) is 5.50. The van der Waals surface area contributed by atoms with Gasteiger partial charge in [-0.3, -0.25) is 9.69 Å². The van der Waals surface area contributed by atoms with Crippen molar-refractivity contribution in [2.75, 3.05) is 26.7 Å². The molecule has 2 aromatic rings. The van der Waals surface area contributed by atoms with E-state index >= 15 is 0 Å². The van der Waals surface area contributed by atoms with Gasteiger partial charge in [0.1, 0.15) is 12.4 Å². The topological polar surface area (TPSA) is 29.5 Å². The molecule has 3 nitrogen and oxygen atoms in total. The van der Waals surface area contributed by atoms with E-state index in [0.717, 1.165) is 22.0 Å². The molecule has 0 atom stereocenters. The normalized spacial score (nSPS) is 11.1. The highest BCUT2D eigenvalue weighted by atomic mass is 79.9. The van der Waals surface area contributed by atoms with Crippen molar-refractivity contribution >= 4 is 37.6 Å². The van der Waals surface area contributed by atoms with Crippen molar-refractivity contribution in [1.82, 2.24) is 4.90 Å². The van der Waals surface area contributed by atoms with E-state index in [9.17, 15) is 4.79 Å². The van der Waals surface area contributed by atoms with Crippen LogP contribution in [0.5, 0.6) is 5.75 Å². The van der Waals surface area contributed by atoms with Crippen LogP contribution in [0.2, 0.25) is 0 Å². The van der Waals surface area contributed by atoms with E-state index in [0.29, 0.717) is 23.5 Å². The summed E-state index contributed by atoms with van der Waals surface area (Å²) in [5.41, 5.74) is 1.27. The molecule has 26 heavy (non-hydrogen) atoms. The molecule has 0 aliphatic carbocycles. The van der Waals surface area contributed by atoms with Gasteiger partial charge in [-0.15, -0.1) is 6.58 Å². The average Bonchev–Trinajstić information content (AvgIpc) is 2.63. The molecule has 2 rings (SSSR count). The van der Waals surface area contributed by atoms with Crippen LogP contribution in [0.3, 0.4) is 0 Å². The van der Waals surface area contributed by atoms with Gasteiger partial charge >= 0.3 is 0 Å². The lowest BCUT2D eigenvalue weighted by Crippen LogP contribution is -2.17. The standard InChI is InChI=1S/C21H21Br2NO2/c1-3-12-24(2)13-4-5-14-26-20-11-8-17(15-19(20)23)21(25)16-6-9-18(22)10-7-16/h3-11,15H,1,12-14H2,2H3. The minimum atomic E-state index is -0.0186. The van der Waals surface area contributed by atoms with Gasteiger partial charge in [-0.2, -0.15) is 0 Å². The molecule has 0 bridgehead atoms. The molecule has 0 N–H and O–H groups in total. The van der Waals surface area contributed by atoms with Crippen LogP contribution in [-0.2, 0) is 0 Å². The van der Waals surface area contributed by atoms with E-state index in [2.05, 4.69) is 49.4 Å². The molecule has 0 heterocycles. The summed E-state index contributed by atoms with van der Waals surface area (Å²) in [7, 11) is 2.03. The fourth-order valence-electron chi connectivity index (χ4n) is 2.28. The van der Waals surface area contributed by atoms with Gasteiger partial charge in [-0.05, 0) is 65.4 Å². The van der Waals surface area contributed by atoms with Gasteiger partial charge in [0.2, 0.25) is 0 Å². The number of ketones is 1. The maximum atomic E-state index is 12.5. The predicted molar refractivity (Wildman–Crippen MR) is 114 cm³/mol. The molecule has 0 spiro atoms. The zero-order chi connectivity index (χ0) is 18.9. The highest BCUT2D eigenvalue weighted by Crippen LogP contribution is 2.27. The summed E-state index contributed by atoms with van der Waals surface area (Å²) >= 11 is 6.86. The lowest BCUT2D eigenvalue weighted by atomic mass is 10.0. The van der Waals surface area contributed by atoms with Gasteiger partial charge in [0.15, 0.2) is 5.78 Å². The Kier molecular flexibility index (Phi) is 8.29. The van der Waals surface area contributed by atoms with Gasteiger partial charge in [0.25, 0.3) is 0 Å². The van der Waals surface area contributed by atoms with Crippen molar-refractivity contribution in [1.29, 1.82) is 0 Å². The van der Waals surface area contributed by atoms with E-state index in [1.807, 2.05) is 37.4 Å². The molecular weight excluding hydrogens is 458 g/mol. The molecule has 0 amide bonds. The first kappa shape index (κ1) is 20.6. The van der Waals surface area contributed by atoms with Crippen molar-refractivity contribution in [3.8, 4) is 5.75 Å². The van der Waals surface area contributed by atoms with Crippen LogP contribution in [0, 0.1) is 0 Å². The molecule has 0 saturated heterocycles. The van der Waals surface area contributed by atoms with E-state index in [1.54, 1.807) is 24.3 Å². The molecular formula is C21H21Br2NO2. The smallest absolute Gasteiger partial charge is 0.193 e.